The highest BCUT2D eigenvalue weighted by molar-refractivity contribution is 6.33. The molecule has 2 aromatic rings. The van der Waals surface area contributed by atoms with Crippen LogP contribution in [0.25, 0.3) is 0 Å². The van der Waals surface area contributed by atoms with E-state index < -0.39 is 0 Å². The van der Waals surface area contributed by atoms with E-state index in [0.717, 1.165) is 42.6 Å². The molecule has 0 aliphatic rings. The van der Waals surface area contributed by atoms with Gasteiger partial charge in [-0.1, -0.05) is 36.7 Å². The van der Waals surface area contributed by atoms with E-state index in [9.17, 15) is 0 Å². The lowest BCUT2D eigenvalue weighted by Crippen LogP contribution is -2.28. The van der Waals surface area contributed by atoms with E-state index in [4.69, 9.17) is 11.6 Å². The lowest BCUT2D eigenvalue weighted by molar-refractivity contribution is 0.287. The van der Waals surface area contributed by atoms with Crippen LogP contribution in [0.2, 0.25) is 5.02 Å². The summed E-state index contributed by atoms with van der Waals surface area (Å²) in [6.07, 6.45) is 1.84. The molecular formula is C16H20ClN3. The molecule has 4 heteroatoms. The second-order valence-corrected chi connectivity index (χ2v) is 5.00. The Labute approximate surface area is 125 Å². The molecule has 1 heterocycles. The number of para-hydroxylation sites is 1. The number of halogens is 1. The fourth-order valence-electron chi connectivity index (χ4n) is 2.02. The largest absolute Gasteiger partial charge is 0.383 e. The van der Waals surface area contributed by atoms with Gasteiger partial charge in [0, 0.05) is 25.8 Å². The summed E-state index contributed by atoms with van der Waals surface area (Å²) in [6.45, 7) is 5.86. The highest BCUT2D eigenvalue weighted by Gasteiger charge is 2.04. The predicted octanol–water partition coefficient (Wildman–Crippen LogP) is 3.67. The molecule has 1 N–H and O–H groups in total. The van der Waals surface area contributed by atoms with E-state index in [2.05, 4.69) is 28.2 Å². The summed E-state index contributed by atoms with van der Waals surface area (Å²) in [5, 5.41) is 4.13. The Morgan fingerprint density at radius 2 is 1.95 bits per heavy atom. The van der Waals surface area contributed by atoms with Gasteiger partial charge in [-0.25, -0.2) is 0 Å². The predicted molar refractivity (Wildman–Crippen MR) is 85.1 cm³/mol. The number of likely N-dealkylation sites (N-methyl/N-ethyl adjacent to an activating group) is 1. The van der Waals surface area contributed by atoms with E-state index >= 15 is 0 Å². The molecule has 0 amide bonds. The van der Waals surface area contributed by atoms with Crippen molar-refractivity contribution in [3.05, 3.63) is 59.4 Å². The number of nitrogens with one attached hydrogen (secondary N) is 1. The molecule has 0 saturated heterocycles. The molecular weight excluding hydrogens is 270 g/mol. The van der Waals surface area contributed by atoms with Crippen LogP contribution in [0.15, 0.2) is 48.7 Å². The molecule has 0 unspecified atom stereocenters. The molecule has 1 aromatic heterocycles. The summed E-state index contributed by atoms with van der Waals surface area (Å²) < 4.78 is 0. The Hall–Kier alpha value is -1.58. The number of anilines is 1. The van der Waals surface area contributed by atoms with Crippen molar-refractivity contribution >= 4 is 17.3 Å². The van der Waals surface area contributed by atoms with Crippen LogP contribution in [0.5, 0.6) is 0 Å². The summed E-state index contributed by atoms with van der Waals surface area (Å²) in [7, 11) is 0. The SMILES string of the molecule is CCN(CCNc1ccccc1Cl)Cc1ccccn1. The van der Waals surface area contributed by atoms with Crippen molar-refractivity contribution in [1.29, 1.82) is 0 Å². The maximum absolute atomic E-state index is 6.12. The zero-order valence-electron chi connectivity index (χ0n) is 11.7. The van der Waals surface area contributed by atoms with E-state index in [1.54, 1.807) is 0 Å². The van der Waals surface area contributed by atoms with Gasteiger partial charge in [0.2, 0.25) is 0 Å². The number of hydrogen-bond acceptors (Lipinski definition) is 3. The summed E-state index contributed by atoms with van der Waals surface area (Å²) in [6, 6.07) is 13.8. The maximum Gasteiger partial charge on any atom is 0.0637 e. The first kappa shape index (κ1) is 14.8. The average Bonchev–Trinajstić information content (AvgIpc) is 2.49. The smallest absolute Gasteiger partial charge is 0.0637 e. The number of nitrogens with zero attached hydrogens (tertiary/aromatic N) is 2. The van der Waals surface area contributed by atoms with E-state index in [1.807, 2.05) is 42.6 Å². The Bertz CT molecular complexity index is 516. The standard InChI is InChI=1S/C16H20ClN3/c1-2-20(13-14-7-5-6-10-18-14)12-11-19-16-9-4-3-8-15(16)17/h3-10,19H,2,11-13H2,1H3. The minimum Gasteiger partial charge on any atom is -0.383 e. The van der Waals surface area contributed by atoms with Crippen molar-refractivity contribution in [2.24, 2.45) is 0 Å². The summed E-state index contributed by atoms with van der Waals surface area (Å²) in [5.74, 6) is 0. The number of rotatable bonds is 7. The van der Waals surface area contributed by atoms with Gasteiger partial charge in [-0.05, 0) is 30.8 Å². The summed E-state index contributed by atoms with van der Waals surface area (Å²) in [4.78, 5) is 6.72. The van der Waals surface area contributed by atoms with Crippen molar-refractivity contribution in [2.75, 3.05) is 25.0 Å². The van der Waals surface area contributed by atoms with Crippen LogP contribution >= 0.6 is 11.6 Å². The van der Waals surface area contributed by atoms with Crippen molar-refractivity contribution in [1.82, 2.24) is 9.88 Å². The van der Waals surface area contributed by atoms with Gasteiger partial charge in [-0.15, -0.1) is 0 Å². The van der Waals surface area contributed by atoms with Crippen LogP contribution in [0, 0.1) is 0 Å². The highest BCUT2D eigenvalue weighted by Crippen LogP contribution is 2.19. The van der Waals surface area contributed by atoms with Crippen molar-refractivity contribution < 1.29 is 0 Å². The van der Waals surface area contributed by atoms with Gasteiger partial charge >= 0.3 is 0 Å². The first-order valence-corrected chi connectivity index (χ1v) is 7.28. The minimum atomic E-state index is 0.764. The van der Waals surface area contributed by atoms with Crippen LogP contribution in [-0.2, 0) is 6.54 Å². The molecule has 0 bridgehead atoms. The van der Waals surface area contributed by atoms with Gasteiger partial charge in [0.05, 0.1) is 16.4 Å². The van der Waals surface area contributed by atoms with E-state index in [1.165, 1.54) is 0 Å². The maximum atomic E-state index is 6.12. The first-order chi connectivity index (χ1) is 9.79. The Balaban J connectivity index is 1.81. The molecule has 0 radical (unpaired) electrons. The lowest BCUT2D eigenvalue weighted by atomic mass is 10.3. The zero-order chi connectivity index (χ0) is 14.2. The van der Waals surface area contributed by atoms with Crippen LogP contribution in [0.4, 0.5) is 5.69 Å². The molecule has 1 aromatic carbocycles. The molecule has 0 spiro atoms. The number of aromatic nitrogens is 1. The second kappa shape index (κ2) is 7.88. The first-order valence-electron chi connectivity index (χ1n) is 6.90. The van der Waals surface area contributed by atoms with Crippen LogP contribution in [0.1, 0.15) is 12.6 Å². The number of benzene rings is 1. The van der Waals surface area contributed by atoms with Gasteiger partial charge in [0.15, 0.2) is 0 Å². The third-order valence-corrected chi connectivity index (χ3v) is 3.51. The average molecular weight is 290 g/mol. The number of hydrogen-bond donors (Lipinski definition) is 1. The Morgan fingerprint density at radius 3 is 2.65 bits per heavy atom. The zero-order valence-corrected chi connectivity index (χ0v) is 12.5. The van der Waals surface area contributed by atoms with Crippen molar-refractivity contribution in [3.63, 3.8) is 0 Å². The van der Waals surface area contributed by atoms with Gasteiger partial charge in [0.1, 0.15) is 0 Å². The molecule has 2 rings (SSSR count). The number of pyridine rings is 1. The van der Waals surface area contributed by atoms with E-state index in [0.29, 0.717) is 0 Å². The van der Waals surface area contributed by atoms with Crippen LogP contribution in [0.3, 0.4) is 0 Å². The summed E-state index contributed by atoms with van der Waals surface area (Å²) >= 11 is 6.12. The van der Waals surface area contributed by atoms with Crippen molar-refractivity contribution in [2.45, 2.75) is 13.5 Å². The van der Waals surface area contributed by atoms with Gasteiger partial charge in [-0.3, -0.25) is 9.88 Å². The van der Waals surface area contributed by atoms with Crippen LogP contribution < -0.4 is 5.32 Å². The molecule has 0 saturated carbocycles. The third kappa shape index (κ3) is 4.51. The van der Waals surface area contributed by atoms with Gasteiger partial charge in [0.25, 0.3) is 0 Å². The van der Waals surface area contributed by atoms with E-state index in [-0.39, 0.29) is 0 Å². The normalized spacial score (nSPS) is 10.8. The topological polar surface area (TPSA) is 28.2 Å². The van der Waals surface area contributed by atoms with Crippen LogP contribution in [-0.4, -0.2) is 29.5 Å². The second-order valence-electron chi connectivity index (χ2n) is 4.60. The minimum absolute atomic E-state index is 0.764. The molecule has 0 fully saturated rings. The fraction of sp³-hybridized carbons (Fsp3) is 0.312. The molecule has 106 valence electrons. The fourth-order valence-corrected chi connectivity index (χ4v) is 2.23. The lowest BCUT2D eigenvalue weighted by Gasteiger charge is -2.20. The molecule has 0 aliphatic heterocycles. The van der Waals surface area contributed by atoms with Gasteiger partial charge < -0.3 is 5.32 Å². The van der Waals surface area contributed by atoms with Gasteiger partial charge in [-0.2, -0.15) is 0 Å². The highest BCUT2D eigenvalue weighted by atomic mass is 35.5. The summed E-state index contributed by atoms with van der Waals surface area (Å²) in [5.41, 5.74) is 2.09. The molecule has 0 atom stereocenters. The Morgan fingerprint density at radius 1 is 1.15 bits per heavy atom. The quantitative estimate of drug-likeness (QED) is 0.843. The molecule has 0 aliphatic carbocycles. The van der Waals surface area contributed by atoms with Crippen molar-refractivity contribution in [3.8, 4) is 0 Å². The molecule has 3 nitrogen and oxygen atoms in total. The Kier molecular flexibility index (Phi) is 5.84. The monoisotopic (exact) mass is 289 g/mol. The molecule has 20 heavy (non-hydrogen) atoms. The third-order valence-electron chi connectivity index (χ3n) is 3.18.